The number of hydrogen-bond acceptors (Lipinski definition) is 4. The van der Waals surface area contributed by atoms with Crippen molar-refractivity contribution in [1.29, 1.82) is 0 Å². The molecule has 1 aromatic rings. The van der Waals surface area contributed by atoms with Crippen molar-refractivity contribution >= 4 is 11.4 Å². The summed E-state index contributed by atoms with van der Waals surface area (Å²) in [5.41, 5.74) is 1.78. The molecule has 1 aliphatic rings. The number of anilines is 1. The number of hydrogen-bond donors (Lipinski definition) is 1. The minimum Gasteiger partial charge on any atom is -0.396 e. The summed E-state index contributed by atoms with van der Waals surface area (Å²) in [5.74, 6) is 0.441. The topological polar surface area (TPSA) is 66.6 Å². The molecule has 1 N–H and O–H groups in total. The van der Waals surface area contributed by atoms with Gasteiger partial charge in [-0.1, -0.05) is 6.07 Å². The Morgan fingerprint density at radius 2 is 2.33 bits per heavy atom. The lowest BCUT2D eigenvalue weighted by Gasteiger charge is -2.18. The summed E-state index contributed by atoms with van der Waals surface area (Å²) in [7, 11) is 0. The number of aliphatic hydroxyl groups excluding tert-OH is 1. The van der Waals surface area contributed by atoms with Crippen molar-refractivity contribution < 1.29 is 10.0 Å². The van der Waals surface area contributed by atoms with Crippen LogP contribution >= 0.6 is 0 Å². The number of aryl methyl sites for hydroxylation is 1. The quantitative estimate of drug-likeness (QED) is 0.656. The minimum atomic E-state index is -0.318. The van der Waals surface area contributed by atoms with Gasteiger partial charge in [-0.3, -0.25) is 10.1 Å². The molecule has 1 unspecified atom stereocenters. The third-order valence-electron chi connectivity index (χ3n) is 3.49. The number of nitrogens with zero attached hydrogens (tertiary/aromatic N) is 2. The fraction of sp³-hybridized carbons (Fsp3) is 0.538. The number of aliphatic hydroxyl groups is 1. The molecule has 5 nitrogen and oxygen atoms in total. The van der Waals surface area contributed by atoms with Gasteiger partial charge in [-0.25, -0.2) is 0 Å². The van der Waals surface area contributed by atoms with Gasteiger partial charge in [-0.05, 0) is 37.3 Å². The highest BCUT2D eigenvalue weighted by Gasteiger charge is 2.27. The van der Waals surface area contributed by atoms with Crippen molar-refractivity contribution in [3.8, 4) is 0 Å². The highest BCUT2D eigenvalue weighted by Crippen LogP contribution is 2.33. The molecule has 0 aliphatic carbocycles. The van der Waals surface area contributed by atoms with Gasteiger partial charge in [0.2, 0.25) is 0 Å². The van der Waals surface area contributed by atoms with Gasteiger partial charge < -0.3 is 10.0 Å². The predicted octanol–water partition coefficient (Wildman–Crippen LogP) is 2.11. The van der Waals surface area contributed by atoms with Crippen molar-refractivity contribution in [3.63, 3.8) is 0 Å². The highest BCUT2D eigenvalue weighted by molar-refractivity contribution is 5.64. The first kappa shape index (κ1) is 12.8. The average Bonchev–Trinajstić information content (AvgIpc) is 2.78. The number of benzene rings is 1. The smallest absolute Gasteiger partial charge is 0.292 e. The molecule has 1 atom stereocenters. The van der Waals surface area contributed by atoms with Gasteiger partial charge in [-0.15, -0.1) is 0 Å². The van der Waals surface area contributed by atoms with Crippen LogP contribution in [-0.2, 0) is 0 Å². The Kier molecular flexibility index (Phi) is 3.81. The maximum Gasteiger partial charge on any atom is 0.292 e. The van der Waals surface area contributed by atoms with Crippen LogP contribution in [0.25, 0.3) is 0 Å². The van der Waals surface area contributed by atoms with E-state index >= 15 is 0 Å². The van der Waals surface area contributed by atoms with Crippen molar-refractivity contribution in [1.82, 2.24) is 0 Å². The largest absolute Gasteiger partial charge is 0.396 e. The molecule has 1 saturated heterocycles. The van der Waals surface area contributed by atoms with Crippen LogP contribution in [-0.4, -0.2) is 29.7 Å². The lowest BCUT2D eigenvalue weighted by atomic mass is 10.1. The van der Waals surface area contributed by atoms with Gasteiger partial charge >= 0.3 is 0 Å². The van der Waals surface area contributed by atoms with Gasteiger partial charge in [0.15, 0.2) is 0 Å². The zero-order valence-electron chi connectivity index (χ0n) is 10.5. The Labute approximate surface area is 106 Å². The first-order valence-electron chi connectivity index (χ1n) is 6.22. The Morgan fingerprint density at radius 1 is 1.56 bits per heavy atom. The molecule has 0 radical (unpaired) electrons. The van der Waals surface area contributed by atoms with E-state index in [9.17, 15) is 10.1 Å². The maximum absolute atomic E-state index is 11.1. The van der Waals surface area contributed by atoms with Crippen LogP contribution in [0.5, 0.6) is 0 Å². The van der Waals surface area contributed by atoms with Crippen LogP contribution in [0.15, 0.2) is 18.2 Å². The van der Waals surface area contributed by atoms with Crippen LogP contribution in [0.4, 0.5) is 11.4 Å². The van der Waals surface area contributed by atoms with E-state index in [1.165, 1.54) is 0 Å². The molecule has 0 spiro atoms. The highest BCUT2D eigenvalue weighted by atomic mass is 16.6. The van der Waals surface area contributed by atoms with Crippen LogP contribution in [0.2, 0.25) is 0 Å². The molecular formula is C13H18N2O3. The zero-order chi connectivity index (χ0) is 13.1. The van der Waals surface area contributed by atoms with E-state index in [-0.39, 0.29) is 17.2 Å². The van der Waals surface area contributed by atoms with Crippen LogP contribution in [0.1, 0.15) is 18.4 Å². The Bertz CT molecular complexity index is 448. The average molecular weight is 250 g/mol. The molecular weight excluding hydrogens is 232 g/mol. The summed E-state index contributed by atoms with van der Waals surface area (Å²) in [6.07, 6.45) is 1.77. The van der Waals surface area contributed by atoms with E-state index in [0.29, 0.717) is 11.6 Å². The van der Waals surface area contributed by atoms with E-state index in [1.54, 1.807) is 6.07 Å². The molecule has 0 amide bonds. The molecule has 0 aromatic heterocycles. The second-order valence-corrected chi connectivity index (χ2v) is 4.86. The molecule has 2 rings (SSSR count). The summed E-state index contributed by atoms with van der Waals surface area (Å²) in [6, 6.07) is 5.35. The molecule has 1 aliphatic heterocycles. The Hall–Kier alpha value is -1.62. The summed E-state index contributed by atoms with van der Waals surface area (Å²) in [5, 5.41) is 20.0. The molecule has 0 saturated carbocycles. The van der Waals surface area contributed by atoms with E-state index in [2.05, 4.69) is 4.90 Å². The Balaban J connectivity index is 2.21. The van der Waals surface area contributed by atoms with Crippen molar-refractivity contribution in [3.05, 3.63) is 33.9 Å². The Morgan fingerprint density at radius 3 is 3.00 bits per heavy atom. The predicted molar refractivity (Wildman–Crippen MR) is 69.9 cm³/mol. The lowest BCUT2D eigenvalue weighted by molar-refractivity contribution is -0.384. The molecule has 18 heavy (non-hydrogen) atoms. The van der Waals surface area contributed by atoms with Crippen molar-refractivity contribution in [2.45, 2.75) is 19.8 Å². The summed E-state index contributed by atoms with van der Waals surface area (Å²) >= 11 is 0. The molecule has 5 heteroatoms. The second kappa shape index (κ2) is 5.35. The monoisotopic (exact) mass is 250 g/mol. The SMILES string of the molecule is Cc1ccc(N2CCC(CCO)C2)c([N+](=O)[O-])c1. The minimum absolute atomic E-state index is 0.180. The molecule has 0 bridgehead atoms. The number of rotatable bonds is 4. The van der Waals surface area contributed by atoms with Crippen molar-refractivity contribution in [2.24, 2.45) is 5.92 Å². The lowest BCUT2D eigenvalue weighted by Crippen LogP contribution is -2.21. The summed E-state index contributed by atoms with van der Waals surface area (Å²) < 4.78 is 0. The fourth-order valence-corrected chi connectivity index (χ4v) is 2.52. The standard InChI is InChI=1S/C13H18N2O3/c1-10-2-3-12(13(8-10)15(17)18)14-6-4-11(9-14)5-7-16/h2-3,8,11,16H,4-7,9H2,1H3. The number of nitro benzene ring substituents is 1. The maximum atomic E-state index is 11.1. The van der Waals surface area contributed by atoms with Gasteiger partial charge in [0.05, 0.1) is 4.92 Å². The zero-order valence-corrected chi connectivity index (χ0v) is 10.5. The molecule has 1 heterocycles. The van der Waals surface area contributed by atoms with Crippen LogP contribution in [0, 0.1) is 23.0 Å². The number of nitro groups is 1. The molecule has 1 fully saturated rings. The fourth-order valence-electron chi connectivity index (χ4n) is 2.52. The van der Waals surface area contributed by atoms with Crippen molar-refractivity contribution in [2.75, 3.05) is 24.6 Å². The van der Waals surface area contributed by atoms with Gasteiger partial charge in [0, 0.05) is 25.8 Å². The van der Waals surface area contributed by atoms with E-state index in [1.807, 2.05) is 19.1 Å². The first-order chi connectivity index (χ1) is 8.61. The van der Waals surface area contributed by atoms with E-state index in [0.717, 1.165) is 31.5 Å². The second-order valence-electron chi connectivity index (χ2n) is 4.86. The third-order valence-corrected chi connectivity index (χ3v) is 3.49. The normalized spacial score (nSPS) is 19.2. The summed E-state index contributed by atoms with van der Waals surface area (Å²) in [4.78, 5) is 12.8. The van der Waals surface area contributed by atoms with Crippen LogP contribution in [0.3, 0.4) is 0 Å². The summed E-state index contributed by atoms with van der Waals surface area (Å²) in [6.45, 7) is 3.67. The third kappa shape index (κ3) is 2.61. The van der Waals surface area contributed by atoms with Gasteiger partial charge in [0.25, 0.3) is 5.69 Å². The molecule has 98 valence electrons. The van der Waals surface area contributed by atoms with Gasteiger partial charge in [-0.2, -0.15) is 0 Å². The molecule has 1 aromatic carbocycles. The van der Waals surface area contributed by atoms with Crippen LogP contribution < -0.4 is 4.90 Å². The van der Waals surface area contributed by atoms with E-state index < -0.39 is 0 Å². The van der Waals surface area contributed by atoms with E-state index in [4.69, 9.17) is 5.11 Å². The first-order valence-corrected chi connectivity index (χ1v) is 6.22. The van der Waals surface area contributed by atoms with Gasteiger partial charge in [0.1, 0.15) is 5.69 Å².